The minimum atomic E-state index is -1.23. The third-order valence-corrected chi connectivity index (χ3v) is 9.17. The van der Waals surface area contributed by atoms with E-state index in [0.717, 1.165) is 42.0 Å². The summed E-state index contributed by atoms with van der Waals surface area (Å²) in [5.41, 5.74) is 0.202. The quantitative estimate of drug-likeness (QED) is 0.437. The molecule has 0 bridgehead atoms. The van der Waals surface area contributed by atoms with E-state index in [2.05, 4.69) is 18.8 Å². The van der Waals surface area contributed by atoms with Crippen molar-refractivity contribution in [3.05, 3.63) is 21.7 Å². The predicted molar refractivity (Wildman–Crippen MR) is 141 cm³/mol. The van der Waals surface area contributed by atoms with E-state index in [1.54, 1.807) is 32.1 Å². The topological polar surface area (TPSA) is 109 Å². The van der Waals surface area contributed by atoms with Crippen LogP contribution in [0.3, 0.4) is 0 Å². The highest BCUT2D eigenvalue weighted by atomic mass is 32.1. The molecule has 2 N–H and O–H groups in total. The zero-order valence-corrected chi connectivity index (χ0v) is 23.6. The molecule has 0 aliphatic carbocycles. The van der Waals surface area contributed by atoms with Crippen molar-refractivity contribution < 1.29 is 29.3 Å². The lowest BCUT2D eigenvalue weighted by Gasteiger charge is -2.34. The standard InChI is InChI=1S/C28H43NO6S/c1-8-23-29-19(15-36-23)12-17(3)20-13-22-28(7,35-22)11-9-10-16(2)25(32)18(4)26(33)27(5,6)21(30)14-24(31)34-20/h12,15-16,18,20-22,25,30,32H,8-11,13-14H2,1-7H3/b17-12+/t16?,18-,20+,21?,22+,25+,28-/m1/s1. The van der Waals surface area contributed by atoms with Gasteiger partial charge in [-0.25, -0.2) is 4.98 Å². The summed E-state index contributed by atoms with van der Waals surface area (Å²) in [4.78, 5) is 30.8. The van der Waals surface area contributed by atoms with Crippen molar-refractivity contribution in [2.45, 2.75) is 117 Å². The molecule has 0 saturated carbocycles. The van der Waals surface area contributed by atoms with Gasteiger partial charge < -0.3 is 19.7 Å². The highest BCUT2D eigenvalue weighted by Gasteiger charge is 2.53. The Bertz CT molecular complexity index is 971. The molecule has 202 valence electrons. The molecule has 2 fully saturated rings. The SMILES string of the molecule is CCc1nc(/C=C(\C)[C@@H]2C[C@@H]3O[C@]3(C)CCCC(C)[C@H](O)[C@@H](C)C(=O)C(C)(C)C(O)CC(=O)O2)cs1. The third kappa shape index (κ3) is 6.63. The third-order valence-electron chi connectivity index (χ3n) is 8.16. The van der Waals surface area contributed by atoms with Crippen molar-refractivity contribution in [1.82, 2.24) is 4.98 Å². The number of aliphatic hydroxyl groups excluding tert-OH is 2. The minimum Gasteiger partial charge on any atom is -0.458 e. The Balaban J connectivity index is 1.85. The molecule has 0 amide bonds. The summed E-state index contributed by atoms with van der Waals surface area (Å²) in [5.74, 6) is -1.54. The minimum absolute atomic E-state index is 0.0460. The van der Waals surface area contributed by atoms with Gasteiger partial charge in [-0.3, -0.25) is 9.59 Å². The zero-order valence-electron chi connectivity index (χ0n) is 22.7. The Kier molecular flexibility index (Phi) is 9.18. The van der Waals surface area contributed by atoms with Gasteiger partial charge >= 0.3 is 5.97 Å². The Morgan fingerprint density at radius 1 is 1.25 bits per heavy atom. The van der Waals surface area contributed by atoms with Crippen molar-refractivity contribution in [1.29, 1.82) is 0 Å². The Morgan fingerprint density at radius 3 is 2.58 bits per heavy atom. The van der Waals surface area contributed by atoms with Crippen LogP contribution in [0.15, 0.2) is 11.0 Å². The van der Waals surface area contributed by atoms with Crippen LogP contribution in [0.2, 0.25) is 0 Å². The number of aromatic nitrogens is 1. The van der Waals surface area contributed by atoms with Crippen LogP contribution >= 0.6 is 11.3 Å². The highest BCUT2D eigenvalue weighted by molar-refractivity contribution is 7.09. The number of fused-ring (bicyclic) bond motifs is 1. The zero-order chi connectivity index (χ0) is 26.8. The first-order valence-electron chi connectivity index (χ1n) is 13.2. The first-order chi connectivity index (χ1) is 16.8. The van der Waals surface area contributed by atoms with Gasteiger partial charge in [0.05, 0.1) is 46.5 Å². The summed E-state index contributed by atoms with van der Waals surface area (Å²) in [6, 6.07) is 0. The van der Waals surface area contributed by atoms with Crippen LogP contribution < -0.4 is 0 Å². The first kappa shape index (κ1) is 29.0. The molecule has 0 radical (unpaired) electrons. The Hall–Kier alpha value is -1.61. The number of rotatable bonds is 3. The average molecular weight is 522 g/mol. The van der Waals surface area contributed by atoms with Gasteiger partial charge in [0, 0.05) is 17.7 Å². The average Bonchev–Trinajstić information content (AvgIpc) is 3.23. The molecule has 1 aromatic heterocycles. The smallest absolute Gasteiger partial charge is 0.309 e. The van der Waals surface area contributed by atoms with Gasteiger partial charge in [-0.15, -0.1) is 11.3 Å². The normalized spacial score (nSPS) is 36.8. The summed E-state index contributed by atoms with van der Waals surface area (Å²) >= 11 is 1.60. The fourth-order valence-electron chi connectivity index (χ4n) is 5.17. The summed E-state index contributed by atoms with van der Waals surface area (Å²) in [7, 11) is 0. The summed E-state index contributed by atoms with van der Waals surface area (Å²) < 4.78 is 12.0. The number of hydrogen-bond donors (Lipinski definition) is 2. The molecule has 2 aliphatic heterocycles. The van der Waals surface area contributed by atoms with E-state index < -0.39 is 35.6 Å². The van der Waals surface area contributed by atoms with Crippen molar-refractivity contribution in [2.75, 3.05) is 0 Å². The second-order valence-electron chi connectivity index (χ2n) is 11.5. The molecule has 3 rings (SSSR count). The number of cyclic esters (lactones) is 1. The van der Waals surface area contributed by atoms with Crippen LogP contribution in [0.5, 0.6) is 0 Å². The second kappa shape index (κ2) is 11.4. The second-order valence-corrected chi connectivity index (χ2v) is 12.4. The van der Waals surface area contributed by atoms with E-state index in [4.69, 9.17) is 9.47 Å². The number of Topliss-reactive ketones (excluding diaryl/α,β-unsaturated/α-hetero) is 1. The molecule has 2 saturated heterocycles. The number of aryl methyl sites for hydroxylation is 1. The molecule has 36 heavy (non-hydrogen) atoms. The molecule has 8 heteroatoms. The lowest BCUT2D eigenvalue weighted by atomic mass is 9.73. The maximum absolute atomic E-state index is 13.2. The molecule has 3 heterocycles. The maximum Gasteiger partial charge on any atom is 0.309 e. The number of aliphatic hydroxyl groups is 2. The van der Waals surface area contributed by atoms with Crippen LogP contribution in [0.1, 0.15) is 91.3 Å². The van der Waals surface area contributed by atoms with E-state index in [9.17, 15) is 19.8 Å². The van der Waals surface area contributed by atoms with Gasteiger partial charge in [-0.2, -0.15) is 0 Å². The monoisotopic (exact) mass is 521 g/mol. The summed E-state index contributed by atoms with van der Waals surface area (Å²) in [6.45, 7) is 13.0. The molecule has 1 aromatic rings. The molecule has 2 aliphatic rings. The number of thiazole rings is 1. The molecule has 0 spiro atoms. The van der Waals surface area contributed by atoms with Crippen molar-refractivity contribution in [3.63, 3.8) is 0 Å². The molecule has 7 nitrogen and oxygen atoms in total. The van der Waals surface area contributed by atoms with Gasteiger partial charge in [-0.1, -0.05) is 41.0 Å². The number of nitrogens with zero attached hydrogens (tertiary/aromatic N) is 1. The number of ketones is 1. The van der Waals surface area contributed by atoms with E-state index in [1.165, 1.54) is 0 Å². The van der Waals surface area contributed by atoms with Gasteiger partial charge in [-0.05, 0) is 50.7 Å². The number of carbonyl (C=O) groups is 2. The Morgan fingerprint density at radius 2 is 1.94 bits per heavy atom. The van der Waals surface area contributed by atoms with Crippen molar-refractivity contribution >= 4 is 29.2 Å². The lowest BCUT2D eigenvalue weighted by Crippen LogP contribution is -2.45. The predicted octanol–water partition coefficient (Wildman–Crippen LogP) is 4.73. The van der Waals surface area contributed by atoms with Gasteiger partial charge in [0.1, 0.15) is 11.9 Å². The molecule has 7 atom stereocenters. The lowest BCUT2D eigenvalue weighted by molar-refractivity contribution is -0.154. The van der Waals surface area contributed by atoms with E-state index in [-0.39, 0.29) is 29.8 Å². The van der Waals surface area contributed by atoms with Crippen LogP contribution in [0.4, 0.5) is 0 Å². The van der Waals surface area contributed by atoms with Crippen LogP contribution in [-0.4, -0.2) is 57.0 Å². The number of hydrogen-bond acceptors (Lipinski definition) is 8. The molecule has 0 aromatic carbocycles. The number of ether oxygens (including phenoxy) is 2. The van der Waals surface area contributed by atoms with Crippen LogP contribution in [-0.2, 0) is 25.5 Å². The molecular formula is C28H43NO6S. The van der Waals surface area contributed by atoms with Gasteiger partial charge in [0.15, 0.2) is 0 Å². The van der Waals surface area contributed by atoms with Gasteiger partial charge in [0.2, 0.25) is 0 Å². The fraction of sp³-hybridized carbons (Fsp3) is 0.750. The maximum atomic E-state index is 13.2. The van der Waals surface area contributed by atoms with E-state index in [1.807, 2.05) is 25.3 Å². The molecule has 2 unspecified atom stereocenters. The van der Waals surface area contributed by atoms with Crippen LogP contribution in [0, 0.1) is 17.3 Å². The molecular weight excluding hydrogens is 478 g/mol. The van der Waals surface area contributed by atoms with Gasteiger partial charge in [0.25, 0.3) is 0 Å². The fourth-order valence-corrected chi connectivity index (χ4v) is 5.88. The summed E-state index contributed by atoms with van der Waals surface area (Å²) in [5, 5.41) is 24.8. The van der Waals surface area contributed by atoms with Crippen molar-refractivity contribution in [2.24, 2.45) is 17.3 Å². The van der Waals surface area contributed by atoms with Crippen molar-refractivity contribution in [3.8, 4) is 0 Å². The largest absolute Gasteiger partial charge is 0.458 e. The number of carbonyl (C=O) groups excluding carboxylic acids is 2. The number of epoxide rings is 1. The van der Waals surface area contributed by atoms with E-state index in [0.29, 0.717) is 6.42 Å². The number of esters is 1. The highest BCUT2D eigenvalue weighted by Crippen LogP contribution is 2.45. The van der Waals surface area contributed by atoms with E-state index >= 15 is 0 Å². The summed E-state index contributed by atoms with van der Waals surface area (Å²) in [6.07, 6.45) is 2.87. The Labute approximate surface area is 219 Å². The first-order valence-corrected chi connectivity index (χ1v) is 14.1. The van der Waals surface area contributed by atoms with Crippen LogP contribution in [0.25, 0.3) is 6.08 Å².